The molecular weight excluding hydrogens is 296 g/mol. The first-order valence-corrected chi connectivity index (χ1v) is 6.74. The number of rotatable bonds is 3. The highest BCUT2D eigenvalue weighted by Crippen LogP contribution is 2.36. The van der Waals surface area contributed by atoms with E-state index in [2.05, 4.69) is 15.2 Å². The number of aromatic amines is 1. The Morgan fingerprint density at radius 2 is 2.05 bits per heavy atom. The molecule has 0 amide bonds. The summed E-state index contributed by atoms with van der Waals surface area (Å²) in [6, 6.07) is 4.31. The second-order valence-electron chi connectivity index (χ2n) is 5.14. The topological polar surface area (TPSA) is 88.0 Å². The predicted molar refractivity (Wildman–Crippen MR) is 74.9 cm³/mol. The minimum Gasteiger partial charge on any atom is -0.370 e. The van der Waals surface area contributed by atoms with E-state index >= 15 is 0 Å². The first kappa shape index (κ1) is 14.4. The van der Waals surface area contributed by atoms with Crippen LogP contribution in [-0.2, 0) is 0 Å². The van der Waals surface area contributed by atoms with Gasteiger partial charge in [-0.1, -0.05) is 0 Å². The monoisotopic (exact) mass is 309 g/mol. The zero-order valence-corrected chi connectivity index (χ0v) is 11.5. The van der Waals surface area contributed by atoms with Gasteiger partial charge in [-0.15, -0.1) is 10.2 Å². The minimum absolute atomic E-state index is 0.0874. The average Bonchev–Trinajstić information content (AvgIpc) is 3.00. The van der Waals surface area contributed by atoms with E-state index in [1.807, 2.05) is 0 Å². The standard InChI is InChI=1S/C13H13F2N5O2/c14-13(15)3-5-19(6-4-13)11-7-9(20(21)22)1-2-10(11)12-16-8-17-18-12/h1-2,7-8H,3-6H2,(H,16,17,18). The highest BCUT2D eigenvalue weighted by molar-refractivity contribution is 5.76. The molecule has 0 bridgehead atoms. The lowest BCUT2D eigenvalue weighted by Crippen LogP contribution is -2.39. The van der Waals surface area contributed by atoms with E-state index in [0.717, 1.165) is 0 Å². The van der Waals surface area contributed by atoms with Gasteiger partial charge in [0.25, 0.3) is 11.6 Å². The second kappa shape index (κ2) is 5.32. The average molecular weight is 309 g/mol. The van der Waals surface area contributed by atoms with Crippen LogP contribution in [0.3, 0.4) is 0 Å². The number of H-pyrrole nitrogens is 1. The van der Waals surface area contributed by atoms with Crippen molar-refractivity contribution in [2.45, 2.75) is 18.8 Å². The van der Waals surface area contributed by atoms with Crippen molar-refractivity contribution in [3.05, 3.63) is 34.6 Å². The van der Waals surface area contributed by atoms with Crippen molar-refractivity contribution >= 4 is 11.4 Å². The van der Waals surface area contributed by atoms with Crippen LogP contribution in [0.2, 0.25) is 0 Å². The van der Waals surface area contributed by atoms with Crippen LogP contribution < -0.4 is 4.90 Å². The third kappa shape index (κ3) is 2.74. The maximum Gasteiger partial charge on any atom is 0.271 e. The molecule has 1 aromatic carbocycles. The molecule has 22 heavy (non-hydrogen) atoms. The van der Waals surface area contributed by atoms with Gasteiger partial charge >= 0.3 is 0 Å². The van der Waals surface area contributed by atoms with Crippen LogP contribution in [0.15, 0.2) is 24.5 Å². The van der Waals surface area contributed by atoms with Crippen molar-refractivity contribution in [3.8, 4) is 11.4 Å². The van der Waals surface area contributed by atoms with Gasteiger partial charge in [-0.05, 0) is 6.07 Å². The predicted octanol–water partition coefficient (Wildman–Crippen LogP) is 2.62. The molecule has 0 atom stereocenters. The van der Waals surface area contributed by atoms with Crippen molar-refractivity contribution < 1.29 is 13.7 Å². The Labute approximate surface area is 124 Å². The number of aromatic nitrogens is 3. The van der Waals surface area contributed by atoms with E-state index in [-0.39, 0.29) is 31.6 Å². The van der Waals surface area contributed by atoms with Crippen molar-refractivity contribution in [2.24, 2.45) is 0 Å². The first-order chi connectivity index (χ1) is 10.5. The van der Waals surface area contributed by atoms with Gasteiger partial charge in [0.05, 0.1) is 10.6 Å². The van der Waals surface area contributed by atoms with Gasteiger partial charge in [-0.25, -0.2) is 8.78 Å². The van der Waals surface area contributed by atoms with Gasteiger partial charge in [0.1, 0.15) is 6.33 Å². The van der Waals surface area contributed by atoms with E-state index < -0.39 is 10.8 Å². The van der Waals surface area contributed by atoms with Crippen molar-refractivity contribution in [1.29, 1.82) is 0 Å². The van der Waals surface area contributed by atoms with Gasteiger partial charge in [0.2, 0.25) is 0 Å². The van der Waals surface area contributed by atoms with Crippen molar-refractivity contribution in [3.63, 3.8) is 0 Å². The number of halogens is 2. The molecule has 0 radical (unpaired) electrons. The highest BCUT2D eigenvalue weighted by Gasteiger charge is 2.35. The quantitative estimate of drug-likeness (QED) is 0.695. The maximum absolute atomic E-state index is 13.3. The second-order valence-corrected chi connectivity index (χ2v) is 5.14. The third-order valence-electron chi connectivity index (χ3n) is 3.70. The summed E-state index contributed by atoms with van der Waals surface area (Å²) in [5.41, 5.74) is 1.03. The molecule has 0 aliphatic carbocycles. The van der Waals surface area contributed by atoms with Crippen molar-refractivity contribution in [2.75, 3.05) is 18.0 Å². The molecule has 0 unspecified atom stereocenters. The molecule has 1 fully saturated rings. The Morgan fingerprint density at radius 1 is 1.32 bits per heavy atom. The molecule has 7 nitrogen and oxygen atoms in total. The Hall–Kier alpha value is -2.58. The SMILES string of the molecule is O=[N+]([O-])c1ccc(-c2nnc[nH]2)c(N2CCC(F)(F)CC2)c1. The van der Waals surface area contributed by atoms with Crippen LogP contribution >= 0.6 is 0 Å². The van der Waals surface area contributed by atoms with E-state index in [4.69, 9.17) is 0 Å². The third-order valence-corrected chi connectivity index (χ3v) is 3.70. The van der Waals surface area contributed by atoms with Crippen LogP contribution in [0, 0.1) is 10.1 Å². The molecule has 1 aromatic heterocycles. The lowest BCUT2D eigenvalue weighted by atomic mass is 10.0. The summed E-state index contributed by atoms with van der Waals surface area (Å²) in [7, 11) is 0. The van der Waals surface area contributed by atoms with E-state index in [9.17, 15) is 18.9 Å². The molecule has 1 N–H and O–H groups in total. The molecule has 3 rings (SSSR count). The summed E-state index contributed by atoms with van der Waals surface area (Å²) in [5, 5.41) is 18.6. The first-order valence-electron chi connectivity index (χ1n) is 6.74. The van der Waals surface area contributed by atoms with Gasteiger partial charge in [0.15, 0.2) is 5.82 Å². The summed E-state index contributed by atoms with van der Waals surface area (Å²) < 4.78 is 26.6. The number of hydrogen-bond acceptors (Lipinski definition) is 5. The fourth-order valence-electron chi connectivity index (χ4n) is 2.51. The number of alkyl halides is 2. The summed E-state index contributed by atoms with van der Waals surface area (Å²) in [4.78, 5) is 15.0. The highest BCUT2D eigenvalue weighted by atomic mass is 19.3. The van der Waals surface area contributed by atoms with Crippen LogP contribution in [0.4, 0.5) is 20.2 Å². The molecule has 2 heterocycles. The van der Waals surface area contributed by atoms with E-state index in [1.54, 1.807) is 11.0 Å². The number of nitro benzene ring substituents is 1. The lowest BCUT2D eigenvalue weighted by Gasteiger charge is -2.34. The zero-order chi connectivity index (χ0) is 15.7. The summed E-state index contributed by atoms with van der Waals surface area (Å²) in [6.45, 7) is 0.268. The van der Waals surface area contributed by atoms with Crippen LogP contribution in [0.25, 0.3) is 11.4 Å². The molecular formula is C13H13F2N5O2. The van der Waals surface area contributed by atoms with Gasteiger partial charge in [-0.2, -0.15) is 0 Å². The number of non-ortho nitro benzene ring substituents is 1. The van der Waals surface area contributed by atoms with Crippen molar-refractivity contribution in [1.82, 2.24) is 15.2 Å². The minimum atomic E-state index is -2.68. The van der Waals surface area contributed by atoms with E-state index in [1.165, 1.54) is 18.5 Å². The zero-order valence-electron chi connectivity index (χ0n) is 11.5. The molecule has 0 spiro atoms. The van der Waals surface area contributed by atoms with E-state index in [0.29, 0.717) is 17.1 Å². The number of nitro groups is 1. The number of benzene rings is 1. The van der Waals surface area contributed by atoms with Crippen LogP contribution in [-0.4, -0.2) is 39.1 Å². The number of piperidine rings is 1. The van der Waals surface area contributed by atoms with Crippen LogP contribution in [0.1, 0.15) is 12.8 Å². The largest absolute Gasteiger partial charge is 0.370 e. The Balaban J connectivity index is 2.00. The number of nitrogens with zero attached hydrogens (tertiary/aromatic N) is 4. The molecule has 1 aliphatic rings. The lowest BCUT2D eigenvalue weighted by molar-refractivity contribution is -0.384. The van der Waals surface area contributed by atoms with Gasteiger partial charge in [0, 0.05) is 43.6 Å². The maximum atomic E-state index is 13.3. The molecule has 9 heteroatoms. The summed E-state index contributed by atoms with van der Waals surface area (Å²) in [6.07, 6.45) is 0.849. The number of nitrogens with one attached hydrogen (secondary N) is 1. The molecule has 2 aromatic rings. The molecule has 0 saturated carbocycles. The molecule has 116 valence electrons. The fraction of sp³-hybridized carbons (Fsp3) is 0.385. The Kier molecular flexibility index (Phi) is 3.47. The fourth-order valence-corrected chi connectivity index (χ4v) is 2.51. The molecule has 1 aliphatic heterocycles. The number of anilines is 1. The van der Waals surface area contributed by atoms with Crippen LogP contribution in [0.5, 0.6) is 0 Å². The number of hydrogen-bond donors (Lipinski definition) is 1. The molecule has 1 saturated heterocycles. The van der Waals surface area contributed by atoms with Gasteiger partial charge < -0.3 is 9.88 Å². The smallest absolute Gasteiger partial charge is 0.271 e. The van der Waals surface area contributed by atoms with Gasteiger partial charge in [-0.3, -0.25) is 10.1 Å². The Morgan fingerprint density at radius 3 is 2.64 bits per heavy atom. The normalized spacial score (nSPS) is 17.5. The summed E-state index contributed by atoms with van der Waals surface area (Å²) >= 11 is 0. The summed E-state index contributed by atoms with van der Waals surface area (Å²) in [5.74, 6) is -2.23. The Bertz CT molecular complexity index is 680.